The van der Waals surface area contributed by atoms with E-state index in [4.69, 9.17) is 5.11 Å². The summed E-state index contributed by atoms with van der Waals surface area (Å²) in [5.74, 6) is 0.581. The Labute approximate surface area is 78.6 Å². The van der Waals surface area contributed by atoms with E-state index in [1.165, 1.54) is 16.8 Å². The zero-order valence-electron chi connectivity index (χ0n) is 7.88. The van der Waals surface area contributed by atoms with Crippen molar-refractivity contribution in [2.45, 2.75) is 19.3 Å². The zero-order valence-corrected chi connectivity index (χ0v) is 7.88. The van der Waals surface area contributed by atoms with Crippen LogP contribution in [-0.2, 0) is 6.42 Å². The van der Waals surface area contributed by atoms with Crippen molar-refractivity contribution >= 4 is 5.69 Å². The van der Waals surface area contributed by atoms with E-state index >= 15 is 0 Å². The van der Waals surface area contributed by atoms with E-state index in [1.54, 1.807) is 0 Å². The van der Waals surface area contributed by atoms with Gasteiger partial charge >= 0.3 is 0 Å². The molecule has 2 N–H and O–H groups in total. The lowest BCUT2D eigenvalue weighted by molar-refractivity contribution is 0.299. The fourth-order valence-corrected chi connectivity index (χ4v) is 2.05. The van der Waals surface area contributed by atoms with E-state index in [2.05, 4.69) is 30.4 Å². The Kier molecular flexibility index (Phi) is 2.23. The molecule has 0 bridgehead atoms. The van der Waals surface area contributed by atoms with Crippen molar-refractivity contribution in [3.8, 4) is 0 Å². The van der Waals surface area contributed by atoms with E-state index in [1.807, 2.05) is 0 Å². The number of fused-ring (bicyclic) bond motifs is 1. The Bertz CT molecular complexity index is 309. The largest absolute Gasteiger partial charge is 0.396 e. The molecule has 1 aromatic rings. The molecular formula is C11H15NO. The summed E-state index contributed by atoms with van der Waals surface area (Å²) in [6.07, 6.45) is 0.773. The second-order valence-electron chi connectivity index (χ2n) is 3.63. The topological polar surface area (TPSA) is 32.3 Å². The Balaban J connectivity index is 2.41. The third-order valence-electron chi connectivity index (χ3n) is 2.67. The van der Waals surface area contributed by atoms with Crippen LogP contribution in [0.25, 0.3) is 0 Å². The van der Waals surface area contributed by atoms with Crippen LogP contribution >= 0.6 is 0 Å². The second kappa shape index (κ2) is 3.38. The zero-order chi connectivity index (χ0) is 9.26. The van der Waals surface area contributed by atoms with Gasteiger partial charge in [-0.3, -0.25) is 0 Å². The predicted molar refractivity (Wildman–Crippen MR) is 54.1 cm³/mol. The molecule has 0 amide bonds. The first-order valence-corrected chi connectivity index (χ1v) is 4.79. The van der Waals surface area contributed by atoms with E-state index in [-0.39, 0.29) is 6.61 Å². The van der Waals surface area contributed by atoms with Crippen LogP contribution in [0.2, 0.25) is 0 Å². The van der Waals surface area contributed by atoms with Gasteiger partial charge in [-0.15, -0.1) is 0 Å². The molecule has 1 aliphatic rings. The lowest BCUT2D eigenvalue weighted by atomic mass is 9.96. The lowest BCUT2D eigenvalue weighted by Gasteiger charge is -2.09. The average Bonchev–Trinajstić information content (AvgIpc) is 2.50. The summed E-state index contributed by atoms with van der Waals surface area (Å²) in [6, 6.07) is 6.27. The quantitative estimate of drug-likeness (QED) is 0.721. The standard InChI is InChI=1S/C11H15NO/c1-8-7-12-10-4-2-3-9(5-6-13)11(8)10/h2-4,8,12-13H,5-7H2,1H3. The molecule has 2 rings (SSSR count). The number of hydrogen-bond donors (Lipinski definition) is 2. The number of rotatable bonds is 2. The van der Waals surface area contributed by atoms with Gasteiger partial charge in [0.15, 0.2) is 0 Å². The van der Waals surface area contributed by atoms with Crippen molar-refractivity contribution in [1.82, 2.24) is 0 Å². The van der Waals surface area contributed by atoms with Crippen LogP contribution in [0.5, 0.6) is 0 Å². The molecule has 70 valence electrons. The second-order valence-corrected chi connectivity index (χ2v) is 3.63. The van der Waals surface area contributed by atoms with Crippen molar-refractivity contribution < 1.29 is 5.11 Å². The van der Waals surface area contributed by atoms with Crippen molar-refractivity contribution in [2.75, 3.05) is 18.5 Å². The first-order valence-electron chi connectivity index (χ1n) is 4.79. The van der Waals surface area contributed by atoms with Gasteiger partial charge in [-0.25, -0.2) is 0 Å². The van der Waals surface area contributed by atoms with Crippen LogP contribution in [0.4, 0.5) is 5.69 Å². The summed E-state index contributed by atoms with van der Waals surface area (Å²) in [4.78, 5) is 0. The molecule has 1 atom stereocenters. The fourth-order valence-electron chi connectivity index (χ4n) is 2.05. The Hall–Kier alpha value is -1.02. The predicted octanol–water partition coefficient (Wildman–Crippen LogP) is 1.75. The van der Waals surface area contributed by atoms with E-state index in [0.29, 0.717) is 5.92 Å². The number of benzene rings is 1. The smallest absolute Gasteiger partial charge is 0.0471 e. The van der Waals surface area contributed by atoms with Crippen LogP contribution < -0.4 is 5.32 Å². The Morgan fingerprint density at radius 1 is 1.54 bits per heavy atom. The summed E-state index contributed by atoms with van der Waals surface area (Å²) in [5, 5.41) is 12.3. The summed E-state index contributed by atoms with van der Waals surface area (Å²) in [6.45, 7) is 3.49. The molecular weight excluding hydrogens is 162 g/mol. The van der Waals surface area contributed by atoms with Crippen LogP contribution in [-0.4, -0.2) is 18.3 Å². The van der Waals surface area contributed by atoms with Gasteiger partial charge in [0.25, 0.3) is 0 Å². The van der Waals surface area contributed by atoms with Gasteiger partial charge in [-0.1, -0.05) is 19.1 Å². The van der Waals surface area contributed by atoms with Gasteiger partial charge in [0.1, 0.15) is 0 Å². The Morgan fingerprint density at radius 2 is 2.38 bits per heavy atom. The van der Waals surface area contributed by atoms with Gasteiger partial charge in [-0.2, -0.15) is 0 Å². The van der Waals surface area contributed by atoms with Crippen molar-refractivity contribution in [3.63, 3.8) is 0 Å². The van der Waals surface area contributed by atoms with Gasteiger partial charge in [0, 0.05) is 24.8 Å². The molecule has 0 aromatic heterocycles. The third-order valence-corrected chi connectivity index (χ3v) is 2.67. The third kappa shape index (κ3) is 1.42. The number of hydrogen-bond acceptors (Lipinski definition) is 2. The molecule has 0 spiro atoms. The fraction of sp³-hybridized carbons (Fsp3) is 0.455. The number of aliphatic hydroxyl groups excluding tert-OH is 1. The van der Waals surface area contributed by atoms with Crippen LogP contribution in [0, 0.1) is 0 Å². The number of nitrogens with one attached hydrogen (secondary N) is 1. The van der Waals surface area contributed by atoms with E-state index in [0.717, 1.165) is 13.0 Å². The van der Waals surface area contributed by atoms with Crippen LogP contribution in [0.15, 0.2) is 18.2 Å². The maximum absolute atomic E-state index is 8.92. The highest BCUT2D eigenvalue weighted by Gasteiger charge is 2.20. The Morgan fingerprint density at radius 3 is 3.15 bits per heavy atom. The summed E-state index contributed by atoms with van der Waals surface area (Å²) < 4.78 is 0. The molecule has 2 nitrogen and oxygen atoms in total. The number of anilines is 1. The van der Waals surface area contributed by atoms with Crippen molar-refractivity contribution in [1.29, 1.82) is 0 Å². The lowest BCUT2D eigenvalue weighted by Crippen LogP contribution is -1.99. The molecule has 13 heavy (non-hydrogen) atoms. The van der Waals surface area contributed by atoms with E-state index in [9.17, 15) is 0 Å². The van der Waals surface area contributed by atoms with Crippen molar-refractivity contribution in [3.05, 3.63) is 29.3 Å². The van der Waals surface area contributed by atoms with Gasteiger partial charge in [-0.05, 0) is 23.6 Å². The highest BCUT2D eigenvalue weighted by atomic mass is 16.2. The average molecular weight is 177 g/mol. The minimum atomic E-state index is 0.239. The molecule has 1 aliphatic heterocycles. The highest BCUT2D eigenvalue weighted by molar-refractivity contribution is 5.60. The first-order chi connectivity index (χ1) is 6.33. The van der Waals surface area contributed by atoms with Gasteiger partial charge in [0.2, 0.25) is 0 Å². The molecule has 1 aromatic carbocycles. The molecule has 1 heterocycles. The summed E-state index contributed by atoms with van der Waals surface area (Å²) >= 11 is 0. The SMILES string of the molecule is CC1CNc2cccc(CCO)c21. The maximum atomic E-state index is 8.92. The summed E-state index contributed by atoms with van der Waals surface area (Å²) in [7, 11) is 0. The van der Waals surface area contributed by atoms with Gasteiger partial charge < -0.3 is 10.4 Å². The van der Waals surface area contributed by atoms with Crippen molar-refractivity contribution in [2.24, 2.45) is 0 Å². The van der Waals surface area contributed by atoms with Crippen LogP contribution in [0.3, 0.4) is 0 Å². The first kappa shape index (κ1) is 8.57. The van der Waals surface area contributed by atoms with Gasteiger partial charge in [0.05, 0.1) is 0 Å². The van der Waals surface area contributed by atoms with E-state index < -0.39 is 0 Å². The molecule has 0 aliphatic carbocycles. The summed E-state index contributed by atoms with van der Waals surface area (Å²) in [5.41, 5.74) is 3.94. The molecule has 0 saturated carbocycles. The minimum absolute atomic E-state index is 0.239. The van der Waals surface area contributed by atoms with Crippen LogP contribution in [0.1, 0.15) is 24.0 Å². The molecule has 0 radical (unpaired) electrons. The minimum Gasteiger partial charge on any atom is -0.396 e. The molecule has 0 saturated heterocycles. The monoisotopic (exact) mass is 177 g/mol. The molecule has 0 fully saturated rings. The highest BCUT2D eigenvalue weighted by Crippen LogP contribution is 2.33. The number of aliphatic hydroxyl groups is 1. The normalized spacial score (nSPS) is 19.7. The molecule has 1 unspecified atom stereocenters. The molecule has 2 heteroatoms. The maximum Gasteiger partial charge on any atom is 0.0471 e.